The average Bonchev–Trinajstić information content (AvgIpc) is 2.36. The zero-order valence-electron chi connectivity index (χ0n) is 10.3. The monoisotopic (exact) mass is 248 g/mol. The molecule has 0 fully saturated rings. The van der Waals surface area contributed by atoms with Crippen molar-refractivity contribution < 1.29 is 19.7 Å². The highest BCUT2D eigenvalue weighted by molar-refractivity contribution is 5.46. The van der Waals surface area contributed by atoms with Gasteiger partial charge in [-0.25, -0.2) is 0 Å². The molecule has 0 radical (unpaired) electrons. The van der Waals surface area contributed by atoms with E-state index in [1.54, 1.807) is 26.4 Å². The molecule has 2 aromatic rings. The summed E-state index contributed by atoms with van der Waals surface area (Å²) in [5.41, 5.74) is 0. The summed E-state index contributed by atoms with van der Waals surface area (Å²) in [6.07, 6.45) is 0. The van der Waals surface area contributed by atoms with Crippen LogP contribution in [-0.4, -0.2) is 24.4 Å². The molecule has 2 N–H and O–H groups in total. The molecule has 0 unspecified atom stereocenters. The lowest BCUT2D eigenvalue weighted by Crippen LogP contribution is -1.83. The van der Waals surface area contributed by atoms with Gasteiger partial charge in [0.2, 0.25) is 0 Å². The van der Waals surface area contributed by atoms with E-state index in [9.17, 15) is 10.2 Å². The number of ether oxygens (including phenoxy) is 2. The first-order valence-electron chi connectivity index (χ1n) is 5.32. The van der Waals surface area contributed by atoms with Gasteiger partial charge >= 0.3 is 0 Å². The maximum Gasteiger partial charge on any atom is 0.172 e. The van der Waals surface area contributed by atoms with Gasteiger partial charge in [-0.05, 0) is 24.3 Å². The quantitative estimate of drug-likeness (QED) is 0.801. The molecule has 4 heteroatoms. The second-order valence-corrected chi connectivity index (χ2v) is 3.48. The Morgan fingerprint density at radius 1 is 0.889 bits per heavy atom. The molecule has 0 aliphatic carbocycles. The maximum absolute atomic E-state index is 9.46. The number of aromatic hydroxyl groups is 2. The highest BCUT2D eigenvalue weighted by Crippen LogP contribution is 2.33. The third-order valence-electron chi connectivity index (χ3n) is 1.91. The number of phenolic OH excluding ortho intramolecular Hbond substituents is 2. The van der Waals surface area contributed by atoms with E-state index in [2.05, 4.69) is 4.74 Å². The minimum absolute atomic E-state index is 0.00310. The van der Waals surface area contributed by atoms with Crippen LogP contribution in [-0.2, 0) is 4.74 Å². The van der Waals surface area contributed by atoms with Gasteiger partial charge in [0, 0.05) is 20.3 Å². The van der Waals surface area contributed by atoms with E-state index in [1.807, 2.05) is 18.2 Å². The van der Waals surface area contributed by atoms with Gasteiger partial charge < -0.3 is 19.7 Å². The lowest BCUT2D eigenvalue weighted by molar-refractivity contribution is 0.277. The lowest BCUT2D eigenvalue weighted by atomic mass is 10.3. The Bertz CT molecular complexity index is 468. The molecule has 0 amide bonds. The van der Waals surface area contributed by atoms with Gasteiger partial charge in [-0.2, -0.15) is 0 Å². The van der Waals surface area contributed by atoms with Crippen LogP contribution in [0.1, 0.15) is 0 Å². The van der Waals surface area contributed by atoms with Crippen LogP contribution in [0.5, 0.6) is 23.0 Å². The van der Waals surface area contributed by atoms with Crippen molar-refractivity contribution in [1.82, 2.24) is 0 Å². The minimum atomic E-state index is -0.00310. The summed E-state index contributed by atoms with van der Waals surface area (Å²) >= 11 is 0. The molecule has 0 aliphatic rings. The Balaban J connectivity index is 0.000000492. The van der Waals surface area contributed by atoms with Crippen molar-refractivity contribution in [2.24, 2.45) is 0 Å². The molecule has 0 spiro atoms. The van der Waals surface area contributed by atoms with Gasteiger partial charge in [0.1, 0.15) is 11.5 Å². The Morgan fingerprint density at radius 2 is 1.50 bits per heavy atom. The van der Waals surface area contributed by atoms with Crippen LogP contribution in [0.3, 0.4) is 0 Å². The number of hydrogen-bond donors (Lipinski definition) is 2. The van der Waals surface area contributed by atoms with Gasteiger partial charge in [-0.3, -0.25) is 0 Å². The minimum Gasteiger partial charge on any atom is -0.508 e. The fraction of sp³-hybridized carbons (Fsp3) is 0.143. The van der Waals surface area contributed by atoms with Crippen LogP contribution in [0, 0.1) is 0 Å². The van der Waals surface area contributed by atoms with E-state index >= 15 is 0 Å². The number of hydrogen-bond acceptors (Lipinski definition) is 4. The van der Waals surface area contributed by atoms with Crippen LogP contribution in [0.2, 0.25) is 0 Å². The summed E-state index contributed by atoms with van der Waals surface area (Å²) in [7, 11) is 3.25. The van der Waals surface area contributed by atoms with Gasteiger partial charge in [0.05, 0.1) is 0 Å². The maximum atomic E-state index is 9.46. The predicted molar refractivity (Wildman–Crippen MR) is 69.2 cm³/mol. The second kappa shape index (κ2) is 7.19. The molecule has 0 aromatic heterocycles. The molecule has 0 bridgehead atoms. The summed E-state index contributed by atoms with van der Waals surface area (Å²) in [6.45, 7) is 0. The number of benzene rings is 2. The van der Waals surface area contributed by atoms with Gasteiger partial charge in [-0.15, -0.1) is 0 Å². The Kier molecular flexibility index (Phi) is 5.54. The van der Waals surface area contributed by atoms with Crippen molar-refractivity contribution >= 4 is 0 Å². The molecule has 0 atom stereocenters. The zero-order valence-corrected chi connectivity index (χ0v) is 10.3. The lowest BCUT2D eigenvalue weighted by Gasteiger charge is -2.07. The molecule has 2 aromatic carbocycles. The van der Waals surface area contributed by atoms with Crippen LogP contribution < -0.4 is 4.74 Å². The van der Waals surface area contributed by atoms with E-state index in [0.717, 1.165) is 0 Å². The largest absolute Gasteiger partial charge is 0.508 e. The average molecular weight is 248 g/mol. The van der Waals surface area contributed by atoms with Crippen molar-refractivity contribution in [3.05, 3.63) is 48.5 Å². The van der Waals surface area contributed by atoms with E-state index in [1.165, 1.54) is 18.2 Å². The first kappa shape index (κ1) is 13.9. The Morgan fingerprint density at radius 3 is 2.11 bits per heavy atom. The molecule has 96 valence electrons. The Hall–Kier alpha value is -2.20. The smallest absolute Gasteiger partial charge is 0.172 e. The number of phenols is 2. The van der Waals surface area contributed by atoms with Crippen molar-refractivity contribution in [3.63, 3.8) is 0 Å². The van der Waals surface area contributed by atoms with E-state index in [-0.39, 0.29) is 17.2 Å². The summed E-state index contributed by atoms with van der Waals surface area (Å²) in [5, 5.41) is 18.7. The van der Waals surface area contributed by atoms with Gasteiger partial charge in [-0.1, -0.05) is 18.2 Å². The standard InChI is InChI=1S/C12H10O3.C2H6O/c13-9-6-7-11(14)12(8-9)15-10-4-2-1-3-5-10;1-3-2/h1-8,13-14H;1-2H3. The SMILES string of the molecule is COC.Oc1ccc(O)c(Oc2ccccc2)c1. The summed E-state index contributed by atoms with van der Waals surface area (Å²) in [4.78, 5) is 0. The molecule has 2 rings (SSSR count). The number of rotatable bonds is 2. The molecule has 18 heavy (non-hydrogen) atoms. The molecular weight excluding hydrogens is 232 g/mol. The van der Waals surface area contributed by atoms with Gasteiger partial charge in [0.15, 0.2) is 11.5 Å². The third-order valence-corrected chi connectivity index (χ3v) is 1.91. The number of para-hydroxylation sites is 1. The molecule has 0 aliphatic heterocycles. The highest BCUT2D eigenvalue weighted by atomic mass is 16.5. The van der Waals surface area contributed by atoms with Crippen LogP contribution >= 0.6 is 0 Å². The van der Waals surface area contributed by atoms with Crippen molar-refractivity contribution in [3.8, 4) is 23.0 Å². The number of methoxy groups -OCH3 is 1. The van der Waals surface area contributed by atoms with E-state index in [0.29, 0.717) is 5.75 Å². The second-order valence-electron chi connectivity index (χ2n) is 3.48. The Labute approximate surface area is 106 Å². The van der Waals surface area contributed by atoms with E-state index < -0.39 is 0 Å². The summed E-state index contributed by atoms with van der Waals surface area (Å²) in [5.74, 6) is 0.898. The van der Waals surface area contributed by atoms with Crippen molar-refractivity contribution in [2.75, 3.05) is 14.2 Å². The fourth-order valence-corrected chi connectivity index (χ4v) is 1.20. The first-order chi connectivity index (χ1) is 8.67. The fourth-order valence-electron chi connectivity index (χ4n) is 1.20. The third kappa shape index (κ3) is 4.35. The molecule has 0 heterocycles. The normalized spacial score (nSPS) is 9.22. The molecule has 4 nitrogen and oxygen atoms in total. The topological polar surface area (TPSA) is 58.9 Å². The van der Waals surface area contributed by atoms with Gasteiger partial charge in [0.25, 0.3) is 0 Å². The molecule has 0 saturated carbocycles. The molecular formula is C14H16O4. The van der Waals surface area contributed by atoms with Crippen LogP contribution in [0.4, 0.5) is 0 Å². The molecule has 0 saturated heterocycles. The highest BCUT2D eigenvalue weighted by Gasteiger charge is 2.04. The zero-order chi connectivity index (χ0) is 13.4. The van der Waals surface area contributed by atoms with Crippen LogP contribution in [0.25, 0.3) is 0 Å². The summed E-state index contributed by atoms with van der Waals surface area (Å²) in [6, 6.07) is 13.2. The van der Waals surface area contributed by atoms with Crippen molar-refractivity contribution in [2.45, 2.75) is 0 Å². The van der Waals surface area contributed by atoms with Crippen LogP contribution in [0.15, 0.2) is 48.5 Å². The predicted octanol–water partition coefficient (Wildman–Crippen LogP) is 3.15. The van der Waals surface area contributed by atoms with Crippen molar-refractivity contribution in [1.29, 1.82) is 0 Å². The summed E-state index contributed by atoms with van der Waals surface area (Å²) < 4.78 is 9.63. The first-order valence-corrected chi connectivity index (χ1v) is 5.32. The van der Waals surface area contributed by atoms with E-state index in [4.69, 9.17) is 4.74 Å².